The van der Waals surface area contributed by atoms with Crippen LogP contribution in [0.25, 0.3) is 0 Å². The molecule has 4 heteroatoms. The van der Waals surface area contributed by atoms with Crippen LogP contribution < -0.4 is 0 Å². The van der Waals surface area contributed by atoms with E-state index in [1.165, 1.54) is 30.4 Å². The zero-order valence-corrected chi connectivity index (χ0v) is 16.7. The molecular weight excluding hydrogens is 328 g/mol. The second kappa shape index (κ2) is 10.3. The molecule has 0 saturated carbocycles. The summed E-state index contributed by atoms with van der Waals surface area (Å²) in [5.74, 6) is -0.872. The number of carbonyl (C=O) groups is 2. The van der Waals surface area contributed by atoms with E-state index in [1.54, 1.807) is 0 Å². The number of carbonyl (C=O) groups excluding carboxylic acids is 2. The van der Waals surface area contributed by atoms with Crippen molar-refractivity contribution >= 4 is 11.8 Å². The molecule has 0 aromatic carbocycles. The topological polar surface area (TPSA) is 63.6 Å². The normalized spacial score (nSPS) is 23.8. The lowest BCUT2D eigenvalue weighted by Gasteiger charge is -2.31. The molecule has 2 atom stereocenters. The molecule has 0 aromatic rings. The van der Waals surface area contributed by atoms with Gasteiger partial charge in [0.2, 0.25) is 0 Å². The Morgan fingerprint density at radius 2 is 1.92 bits per heavy atom. The lowest BCUT2D eigenvalue weighted by molar-refractivity contribution is -0.158. The Kier molecular flexibility index (Phi) is 8.73. The van der Waals surface area contributed by atoms with Crippen LogP contribution >= 0.6 is 0 Å². The number of allylic oxidation sites excluding steroid dienone is 7. The summed E-state index contributed by atoms with van der Waals surface area (Å²) < 4.78 is 4.85. The predicted octanol–water partition coefficient (Wildman–Crippen LogP) is 4.45. The monoisotopic (exact) mass is 360 g/mol. The highest BCUT2D eigenvalue weighted by atomic mass is 16.5. The van der Waals surface area contributed by atoms with Crippen molar-refractivity contribution in [2.75, 3.05) is 7.11 Å². The number of aliphatic hydroxyl groups excluding tert-OH is 1. The first kappa shape index (κ1) is 22.1. The summed E-state index contributed by atoms with van der Waals surface area (Å²) in [6.07, 6.45) is 11.4. The second-order valence-corrected chi connectivity index (χ2v) is 7.40. The largest absolute Gasteiger partial charge is 0.468 e. The molecule has 144 valence electrons. The van der Waals surface area contributed by atoms with Crippen molar-refractivity contribution in [2.45, 2.75) is 65.9 Å². The van der Waals surface area contributed by atoms with Crippen LogP contribution in [-0.4, -0.2) is 30.1 Å². The molecule has 1 rings (SSSR count). The van der Waals surface area contributed by atoms with Gasteiger partial charge in [-0.3, -0.25) is 9.59 Å². The van der Waals surface area contributed by atoms with Crippen molar-refractivity contribution in [1.82, 2.24) is 0 Å². The molecule has 0 saturated heterocycles. The molecule has 2 unspecified atom stereocenters. The third-order valence-corrected chi connectivity index (χ3v) is 4.74. The first-order valence-electron chi connectivity index (χ1n) is 9.15. The maximum atomic E-state index is 12.4. The third kappa shape index (κ3) is 6.41. The first-order chi connectivity index (χ1) is 12.2. The van der Waals surface area contributed by atoms with E-state index in [9.17, 15) is 14.7 Å². The molecule has 1 aliphatic carbocycles. The SMILES string of the molecule is COC(=O)C1(CC=C(C)CCC=C(C)CC=C(C)C)CC(O)C=CC1=O. The Labute approximate surface area is 157 Å². The Balaban J connectivity index is 2.74. The van der Waals surface area contributed by atoms with Gasteiger partial charge in [0, 0.05) is 6.42 Å². The van der Waals surface area contributed by atoms with Crippen molar-refractivity contribution in [3.63, 3.8) is 0 Å². The van der Waals surface area contributed by atoms with Crippen LogP contribution in [0.4, 0.5) is 0 Å². The summed E-state index contributed by atoms with van der Waals surface area (Å²) >= 11 is 0. The van der Waals surface area contributed by atoms with Gasteiger partial charge in [0.1, 0.15) is 5.41 Å². The summed E-state index contributed by atoms with van der Waals surface area (Å²) in [5.41, 5.74) is 2.46. The lowest BCUT2D eigenvalue weighted by Crippen LogP contribution is -2.44. The van der Waals surface area contributed by atoms with Crippen molar-refractivity contribution in [1.29, 1.82) is 0 Å². The highest BCUT2D eigenvalue weighted by Crippen LogP contribution is 2.36. The Morgan fingerprint density at radius 1 is 1.23 bits per heavy atom. The maximum absolute atomic E-state index is 12.4. The number of esters is 1. The van der Waals surface area contributed by atoms with Gasteiger partial charge in [-0.2, -0.15) is 0 Å². The maximum Gasteiger partial charge on any atom is 0.320 e. The van der Waals surface area contributed by atoms with Crippen molar-refractivity contribution < 1.29 is 19.4 Å². The summed E-state index contributed by atoms with van der Waals surface area (Å²) in [6, 6.07) is 0. The number of methoxy groups -OCH3 is 1. The average molecular weight is 360 g/mol. The quantitative estimate of drug-likeness (QED) is 0.394. The van der Waals surface area contributed by atoms with Crippen LogP contribution in [0.15, 0.2) is 47.1 Å². The van der Waals surface area contributed by atoms with E-state index in [-0.39, 0.29) is 18.6 Å². The number of aliphatic hydroxyl groups is 1. The molecule has 0 amide bonds. The van der Waals surface area contributed by atoms with Crippen LogP contribution in [-0.2, 0) is 14.3 Å². The highest BCUT2D eigenvalue weighted by molar-refractivity contribution is 6.10. The molecule has 0 heterocycles. The molecule has 0 spiro atoms. The predicted molar refractivity (Wildman–Crippen MR) is 105 cm³/mol. The number of hydrogen-bond acceptors (Lipinski definition) is 4. The number of ketones is 1. The van der Waals surface area contributed by atoms with Crippen LogP contribution in [0.5, 0.6) is 0 Å². The Bertz CT molecular complexity index is 633. The van der Waals surface area contributed by atoms with Crippen LogP contribution in [0.2, 0.25) is 0 Å². The zero-order valence-electron chi connectivity index (χ0n) is 16.7. The van der Waals surface area contributed by atoms with Crippen LogP contribution in [0.1, 0.15) is 59.8 Å². The second-order valence-electron chi connectivity index (χ2n) is 7.40. The third-order valence-electron chi connectivity index (χ3n) is 4.74. The minimum Gasteiger partial charge on any atom is -0.468 e. The number of ether oxygens (including phenoxy) is 1. The molecule has 0 aliphatic heterocycles. The van der Waals surface area contributed by atoms with E-state index in [4.69, 9.17) is 4.74 Å². The lowest BCUT2D eigenvalue weighted by atomic mass is 9.72. The molecule has 0 fully saturated rings. The van der Waals surface area contributed by atoms with Crippen LogP contribution in [0.3, 0.4) is 0 Å². The fraction of sp³-hybridized carbons (Fsp3) is 0.545. The van der Waals surface area contributed by atoms with Gasteiger partial charge in [-0.15, -0.1) is 0 Å². The van der Waals surface area contributed by atoms with E-state index >= 15 is 0 Å². The van der Waals surface area contributed by atoms with Gasteiger partial charge in [-0.05, 0) is 59.5 Å². The fourth-order valence-corrected chi connectivity index (χ4v) is 2.98. The van der Waals surface area contributed by atoms with E-state index in [2.05, 4.69) is 32.9 Å². The van der Waals surface area contributed by atoms with Gasteiger partial charge in [-0.1, -0.05) is 41.0 Å². The summed E-state index contributed by atoms with van der Waals surface area (Å²) in [6.45, 7) is 8.31. The smallest absolute Gasteiger partial charge is 0.320 e. The zero-order chi connectivity index (χ0) is 19.7. The van der Waals surface area contributed by atoms with Gasteiger partial charge in [0.25, 0.3) is 0 Å². The van der Waals surface area contributed by atoms with Crippen LogP contribution in [0, 0.1) is 5.41 Å². The summed E-state index contributed by atoms with van der Waals surface area (Å²) in [4.78, 5) is 24.6. The molecular formula is C22H32O4. The molecule has 0 bridgehead atoms. The molecule has 0 radical (unpaired) electrons. The van der Waals surface area contributed by atoms with Gasteiger partial charge < -0.3 is 9.84 Å². The highest BCUT2D eigenvalue weighted by Gasteiger charge is 2.47. The van der Waals surface area contributed by atoms with Crippen molar-refractivity contribution in [2.24, 2.45) is 5.41 Å². The van der Waals surface area contributed by atoms with Gasteiger partial charge in [0.15, 0.2) is 5.78 Å². The average Bonchev–Trinajstić information content (AvgIpc) is 2.60. The molecule has 0 aromatic heterocycles. The van der Waals surface area contributed by atoms with E-state index < -0.39 is 17.5 Å². The number of hydrogen-bond donors (Lipinski definition) is 1. The fourth-order valence-electron chi connectivity index (χ4n) is 2.98. The van der Waals surface area contributed by atoms with E-state index in [0.717, 1.165) is 24.8 Å². The van der Waals surface area contributed by atoms with Gasteiger partial charge in [0.05, 0.1) is 13.2 Å². The van der Waals surface area contributed by atoms with Crippen molar-refractivity contribution in [3.8, 4) is 0 Å². The molecule has 1 N–H and O–H groups in total. The minimum absolute atomic E-state index is 0.0699. The standard InChI is InChI=1S/C22H32O4/c1-16(2)9-10-17(3)7-6-8-18(4)13-14-22(21(25)26-5)15-19(23)11-12-20(22)24/h7,9,11-13,19,23H,6,8,10,14-15H2,1-5H3. The molecule has 26 heavy (non-hydrogen) atoms. The Hall–Kier alpha value is -1.94. The number of rotatable bonds is 8. The minimum atomic E-state index is -1.31. The van der Waals surface area contributed by atoms with Gasteiger partial charge >= 0.3 is 5.97 Å². The summed E-state index contributed by atoms with van der Waals surface area (Å²) in [5, 5.41) is 9.88. The molecule has 4 nitrogen and oxygen atoms in total. The van der Waals surface area contributed by atoms with E-state index in [0.29, 0.717) is 0 Å². The summed E-state index contributed by atoms with van der Waals surface area (Å²) in [7, 11) is 1.28. The van der Waals surface area contributed by atoms with Gasteiger partial charge in [-0.25, -0.2) is 0 Å². The van der Waals surface area contributed by atoms with E-state index in [1.807, 2.05) is 13.0 Å². The van der Waals surface area contributed by atoms with Crippen molar-refractivity contribution in [3.05, 3.63) is 47.1 Å². The first-order valence-corrected chi connectivity index (χ1v) is 9.15. The molecule has 1 aliphatic rings. The Morgan fingerprint density at radius 3 is 2.54 bits per heavy atom.